The number of amides is 2. The summed E-state index contributed by atoms with van der Waals surface area (Å²) in [4.78, 5) is 16.4. The van der Waals surface area contributed by atoms with E-state index in [2.05, 4.69) is 10.2 Å². The Morgan fingerprint density at radius 2 is 1.81 bits per heavy atom. The molecule has 0 aromatic heterocycles. The molecule has 6 nitrogen and oxygen atoms in total. The second-order valence-corrected chi connectivity index (χ2v) is 6.65. The standard InChI is InChI=1S/C20H24ClN3O3/c1-26-18-7-5-17(6-8-18)23-10-12-24(13-11-23)20(25)22-9-14-27-19-4-2-3-16(21)15-19/h2-8,15H,9-14H2,1H3,(H,22,25). The second-order valence-electron chi connectivity index (χ2n) is 6.21. The third-order valence-electron chi connectivity index (χ3n) is 4.45. The molecule has 0 saturated carbocycles. The van der Waals surface area contributed by atoms with Gasteiger partial charge in [-0.05, 0) is 42.5 Å². The minimum Gasteiger partial charge on any atom is -0.497 e. The highest BCUT2D eigenvalue weighted by molar-refractivity contribution is 6.30. The lowest BCUT2D eigenvalue weighted by molar-refractivity contribution is 0.191. The molecule has 1 aliphatic heterocycles. The maximum atomic E-state index is 12.3. The fourth-order valence-electron chi connectivity index (χ4n) is 2.96. The van der Waals surface area contributed by atoms with E-state index < -0.39 is 0 Å². The number of hydrogen-bond acceptors (Lipinski definition) is 4. The van der Waals surface area contributed by atoms with Crippen LogP contribution in [0.25, 0.3) is 0 Å². The highest BCUT2D eigenvalue weighted by atomic mass is 35.5. The number of piperazine rings is 1. The molecule has 1 heterocycles. The number of urea groups is 1. The third-order valence-corrected chi connectivity index (χ3v) is 4.68. The number of ether oxygens (including phenoxy) is 2. The number of anilines is 1. The molecule has 0 spiro atoms. The quantitative estimate of drug-likeness (QED) is 0.770. The first-order valence-electron chi connectivity index (χ1n) is 8.96. The Morgan fingerprint density at radius 3 is 2.48 bits per heavy atom. The van der Waals surface area contributed by atoms with Gasteiger partial charge in [0.1, 0.15) is 18.1 Å². The number of carbonyl (C=O) groups is 1. The van der Waals surface area contributed by atoms with Gasteiger partial charge in [-0.15, -0.1) is 0 Å². The molecule has 2 amide bonds. The van der Waals surface area contributed by atoms with E-state index in [1.54, 1.807) is 19.2 Å². The van der Waals surface area contributed by atoms with Gasteiger partial charge in [0.15, 0.2) is 0 Å². The van der Waals surface area contributed by atoms with Crippen molar-refractivity contribution in [3.8, 4) is 11.5 Å². The first-order chi connectivity index (χ1) is 13.2. The van der Waals surface area contributed by atoms with Crippen molar-refractivity contribution in [2.24, 2.45) is 0 Å². The highest BCUT2D eigenvalue weighted by Crippen LogP contribution is 2.20. The summed E-state index contributed by atoms with van der Waals surface area (Å²) in [7, 11) is 1.66. The maximum Gasteiger partial charge on any atom is 0.317 e. The zero-order valence-corrected chi connectivity index (χ0v) is 16.1. The average Bonchev–Trinajstić information content (AvgIpc) is 2.71. The molecule has 27 heavy (non-hydrogen) atoms. The molecule has 7 heteroatoms. The van der Waals surface area contributed by atoms with Crippen molar-refractivity contribution in [2.45, 2.75) is 0 Å². The van der Waals surface area contributed by atoms with Gasteiger partial charge in [-0.1, -0.05) is 17.7 Å². The number of methoxy groups -OCH3 is 1. The summed E-state index contributed by atoms with van der Waals surface area (Å²) < 4.78 is 10.8. The largest absolute Gasteiger partial charge is 0.497 e. The number of carbonyl (C=O) groups excluding carboxylic acids is 1. The lowest BCUT2D eigenvalue weighted by Crippen LogP contribution is -2.52. The van der Waals surface area contributed by atoms with Crippen LogP contribution in [0.1, 0.15) is 0 Å². The zero-order valence-electron chi connectivity index (χ0n) is 15.4. The molecule has 2 aromatic rings. The number of hydrogen-bond donors (Lipinski definition) is 1. The van der Waals surface area contributed by atoms with Crippen molar-refractivity contribution in [3.05, 3.63) is 53.6 Å². The molecule has 0 bridgehead atoms. The Morgan fingerprint density at radius 1 is 1.07 bits per heavy atom. The Labute approximate surface area is 164 Å². The molecule has 0 aliphatic carbocycles. The van der Waals surface area contributed by atoms with E-state index in [1.807, 2.05) is 41.3 Å². The molecule has 1 saturated heterocycles. The van der Waals surface area contributed by atoms with Gasteiger partial charge in [-0.3, -0.25) is 0 Å². The minimum atomic E-state index is -0.0564. The fourth-order valence-corrected chi connectivity index (χ4v) is 3.14. The monoisotopic (exact) mass is 389 g/mol. The summed E-state index contributed by atoms with van der Waals surface area (Å²) in [6.45, 7) is 3.83. The van der Waals surface area contributed by atoms with E-state index in [-0.39, 0.29) is 6.03 Å². The molecule has 144 valence electrons. The average molecular weight is 390 g/mol. The van der Waals surface area contributed by atoms with Crippen LogP contribution in [0.4, 0.5) is 10.5 Å². The molecule has 2 aromatic carbocycles. The molecule has 1 aliphatic rings. The highest BCUT2D eigenvalue weighted by Gasteiger charge is 2.21. The van der Waals surface area contributed by atoms with E-state index >= 15 is 0 Å². The van der Waals surface area contributed by atoms with Gasteiger partial charge in [-0.2, -0.15) is 0 Å². The molecule has 0 radical (unpaired) electrons. The van der Waals surface area contributed by atoms with Gasteiger partial charge in [-0.25, -0.2) is 4.79 Å². The maximum absolute atomic E-state index is 12.3. The van der Waals surface area contributed by atoms with Crippen LogP contribution in [0.3, 0.4) is 0 Å². The van der Waals surface area contributed by atoms with Crippen molar-refractivity contribution in [1.29, 1.82) is 0 Å². The van der Waals surface area contributed by atoms with Crippen LogP contribution in [0.15, 0.2) is 48.5 Å². The predicted molar refractivity (Wildman–Crippen MR) is 107 cm³/mol. The number of halogens is 1. The van der Waals surface area contributed by atoms with Crippen molar-refractivity contribution in [3.63, 3.8) is 0 Å². The van der Waals surface area contributed by atoms with Crippen LogP contribution in [0.2, 0.25) is 5.02 Å². The van der Waals surface area contributed by atoms with Crippen molar-refractivity contribution in [2.75, 3.05) is 51.3 Å². The topological polar surface area (TPSA) is 54.0 Å². The fraction of sp³-hybridized carbons (Fsp3) is 0.350. The Bertz CT molecular complexity index is 746. The van der Waals surface area contributed by atoms with E-state index in [9.17, 15) is 4.79 Å². The van der Waals surface area contributed by atoms with E-state index in [0.29, 0.717) is 37.0 Å². The van der Waals surface area contributed by atoms with Crippen LogP contribution < -0.4 is 19.7 Å². The summed E-state index contributed by atoms with van der Waals surface area (Å²) in [5, 5.41) is 3.53. The van der Waals surface area contributed by atoms with Crippen molar-refractivity contribution in [1.82, 2.24) is 10.2 Å². The third kappa shape index (κ3) is 5.44. The van der Waals surface area contributed by atoms with Gasteiger partial charge >= 0.3 is 6.03 Å². The van der Waals surface area contributed by atoms with Crippen LogP contribution in [0.5, 0.6) is 11.5 Å². The van der Waals surface area contributed by atoms with Gasteiger partial charge in [0.2, 0.25) is 0 Å². The summed E-state index contributed by atoms with van der Waals surface area (Å²) in [6, 6.07) is 15.2. The van der Waals surface area contributed by atoms with Crippen LogP contribution in [-0.4, -0.2) is 57.4 Å². The summed E-state index contributed by atoms with van der Waals surface area (Å²) in [5.74, 6) is 1.54. The SMILES string of the molecule is COc1ccc(N2CCN(C(=O)NCCOc3cccc(Cl)c3)CC2)cc1. The molecular formula is C20H24ClN3O3. The normalized spacial score (nSPS) is 14.0. The lowest BCUT2D eigenvalue weighted by atomic mass is 10.2. The molecule has 1 N–H and O–H groups in total. The lowest BCUT2D eigenvalue weighted by Gasteiger charge is -2.36. The number of nitrogens with one attached hydrogen (secondary N) is 1. The van der Waals surface area contributed by atoms with Crippen molar-refractivity contribution >= 4 is 23.3 Å². The van der Waals surface area contributed by atoms with Gasteiger partial charge in [0.05, 0.1) is 13.7 Å². The summed E-state index contributed by atoms with van der Waals surface area (Å²) >= 11 is 5.91. The van der Waals surface area contributed by atoms with E-state index in [1.165, 1.54) is 0 Å². The Hall–Kier alpha value is -2.60. The second kappa shape index (κ2) is 9.37. The first-order valence-corrected chi connectivity index (χ1v) is 9.33. The molecule has 0 atom stereocenters. The van der Waals surface area contributed by atoms with Crippen LogP contribution >= 0.6 is 11.6 Å². The van der Waals surface area contributed by atoms with E-state index in [0.717, 1.165) is 24.5 Å². The van der Waals surface area contributed by atoms with E-state index in [4.69, 9.17) is 21.1 Å². The van der Waals surface area contributed by atoms with Gasteiger partial charge in [0.25, 0.3) is 0 Å². The Kier molecular flexibility index (Phi) is 6.65. The summed E-state index contributed by atoms with van der Waals surface area (Å²) in [6.07, 6.45) is 0. The number of rotatable bonds is 6. The van der Waals surface area contributed by atoms with Gasteiger partial charge in [0, 0.05) is 36.9 Å². The van der Waals surface area contributed by atoms with Gasteiger partial charge < -0.3 is 24.6 Å². The zero-order chi connectivity index (χ0) is 19.1. The molecule has 1 fully saturated rings. The number of nitrogens with zero attached hydrogens (tertiary/aromatic N) is 2. The molecule has 0 unspecified atom stereocenters. The molecular weight excluding hydrogens is 366 g/mol. The van der Waals surface area contributed by atoms with Crippen LogP contribution in [0, 0.1) is 0 Å². The first kappa shape index (κ1) is 19.2. The van der Waals surface area contributed by atoms with Crippen LogP contribution in [-0.2, 0) is 0 Å². The molecule has 3 rings (SSSR count). The number of benzene rings is 2. The smallest absolute Gasteiger partial charge is 0.317 e. The minimum absolute atomic E-state index is 0.0564. The predicted octanol–water partition coefficient (Wildman–Crippen LogP) is 3.26. The summed E-state index contributed by atoms with van der Waals surface area (Å²) in [5.41, 5.74) is 1.14. The van der Waals surface area contributed by atoms with Crippen molar-refractivity contribution < 1.29 is 14.3 Å². The Balaban J connectivity index is 1.38.